The number of nitrogens with zero attached hydrogens (tertiary/aromatic N) is 1. The van der Waals surface area contributed by atoms with E-state index in [9.17, 15) is 4.39 Å². The van der Waals surface area contributed by atoms with Crippen LogP contribution in [0.5, 0.6) is 0 Å². The van der Waals surface area contributed by atoms with Crippen LogP contribution in [0.25, 0.3) is 0 Å². The molecule has 1 heterocycles. The zero-order valence-corrected chi connectivity index (χ0v) is 9.91. The summed E-state index contributed by atoms with van der Waals surface area (Å²) >= 11 is 9.01. The molecule has 0 atom stereocenters. The largest absolute Gasteiger partial charge is 0.369 e. The Balaban J connectivity index is 2.38. The fourth-order valence-electron chi connectivity index (χ4n) is 1.72. The highest BCUT2D eigenvalue weighted by Gasteiger charge is 2.18. The summed E-state index contributed by atoms with van der Waals surface area (Å²) < 4.78 is 14.3. The van der Waals surface area contributed by atoms with Gasteiger partial charge in [-0.2, -0.15) is 0 Å². The number of halogens is 3. The van der Waals surface area contributed by atoms with Crippen LogP contribution in [0, 0.1) is 5.82 Å². The van der Waals surface area contributed by atoms with Crippen molar-refractivity contribution in [3.05, 3.63) is 27.4 Å². The molecule has 1 aromatic rings. The van der Waals surface area contributed by atoms with Gasteiger partial charge in [-0.1, -0.05) is 11.6 Å². The van der Waals surface area contributed by atoms with E-state index in [1.807, 2.05) is 4.90 Å². The summed E-state index contributed by atoms with van der Waals surface area (Å²) in [4.78, 5) is 2.04. The van der Waals surface area contributed by atoms with Crippen LogP contribution in [-0.2, 0) is 0 Å². The van der Waals surface area contributed by atoms with Crippen molar-refractivity contribution >= 4 is 33.2 Å². The molecule has 76 valence electrons. The Kier molecular flexibility index (Phi) is 2.98. The molecule has 0 saturated carbocycles. The summed E-state index contributed by atoms with van der Waals surface area (Å²) in [7, 11) is 0. The van der Waals surface area contributed by atoms with Gasteiger partial charge in [-0.15, -0.1) is 0 Å². The van der Waals surface area contributed by atoms with Crippen molar-refractivity contribution in [2.45, 2.75) is 12.8 Å². The molecule has 0 N–H and O–H groups in total. The first kappa shape index (κ1) is 10.2. The number of anilines is 1. The second kappa shape index (κ2) is 4.07. The highest BCUT2D eigenvalue weighted by atomic mass is 79.9. The molecule has 0 aromatic heterocycles. The van der Waals surface area contributed by atoms with E-state index in [2.05, 4.69) is 15.9 Å². The van der Waals surface area contributed by atoms with Gasteiger partial charge >= 0.3 is 0 Å². The van der Waals surface area contributed by atoms with E-state index in [1.54, 1.807) is 12.1 Å². The summed E-state index contributed by atoms with van der Waals surface area (Å²) in [6, 6.07) is 3.57. The lowest BCUT2D eigenvalue weighted by Crippen LogP contribution is -2.19. The third-order valence-electron chi connectivity index (χ3n) is 2.46. The van der Waals surface area contributed by atoms with Gasteiger partial charge in [0, 0.05) is 17.6 Å². The average molecular weight is 279 g/mol. The Labute approximate surface area is 96.0 Å². The van der Waals surface area contributed by atoms with Gasteiger partial charge in [0.2, 0.25) is 0 Å². The van der Waals surface area contributed by atoms with Crippen LogP contribution in [-0.4, -0.2) is 13.1 Å². The zero-order valence-electron chi connectivity index (χ0n) is 7.56. The number of hydrogen-bond acceptors (Lipinski definition) is 1. The van der Waals surface area contributed by atoms with Gasteiger partial charge in [-0.25, -0.2) is 4.39 Å². The lowest BCUT2D eigenvalue weighted by atomic mass is 10.3. The van der Waals surface area contributed by atoms with E-state index < -0.39 is 0 Å². The molecule has 0 unspecified atom stereocenters. The van der Waals surface area contributed by atoms with Crippen LogP contribution in [0.15, 0.2) is 16.6 Å². The number of benzene rings is 1. The molecule has 0 aliphatic carbocycles. The molecule has 2 rings (SSSR count). The van der Waals surface area contributed by atoms with Gasteiger partial charge in [0.05, 0.1) is 10.7 Å². The molecule has 0 amide bonds. The van der Waals surface area contributed by atoms with E-state index in [0.29, 0.717) is 10.2 Å². The molecule has 4 heteroatoms. The molecule has 0 radical (unpaired) electrons. The van der Waals surface area contributed by atoms with E-state index in [-0.39, 0.29) is 10.8 Å². The lowest BCUT2D eigenvalue weighted by molar-refractivity contribution is 0.622. The SMILES string of the molecule is Fc1c(N2CCCC2)ccc(Br)c1Cl. The molecule has 0 bridgehead atoms. The molecule has 1 aromatic carbocycles. The van der Waals surface area contributed by atoms with Crippen LogP contribution >= 0.6 is 27.5 Å². The first-order chi connectivity index (χ1) is 6.70. The molecule has 1 saturated heterocycles. The Morgan fingerprint density at radius 2 is 1.93 bits per heavy atom. The summed E-state index contributed by atoms with van der Waals surface area (Å²) in [5, 5.41) is 0.175. The average Bonchev–Trinajstić information content (AvgIpc) is 2.67. The second-order valence-corrected chi connectivity index (χ2v) is 4.62. The monoisotopic (exact) mass is 277 g/mol. The van der Waals surface area contributed by atoms with Crippen molar-refractivity contribution in [3.8, 4) is 0 Å². The van der Waals surface area contributed by atoms with Crippen LogP contribution < -0.4 is 4.90 Å². The van der Waals surface area contributed by atoms with Crippen LogP contribution in [0.2, 0.25) is 5.02 Å². The van der Waals surface area contributed by atoms with Crippen molar-refractivity contribution in [3.63, 3.8) is 0 Å². The third kappa shape index (κ3) is 1.75. The molecule has 1 aliphatic rings. The number of hydrogen-bond donors (Lipinski definition) is 0. The summed E-state index contributed by atoms with van der Waals surface area (Å²) in [6.07, 6.45) is 2.26. The maximum absolute atomic E-state index is 13.7. The topological polar surface area (TPSA) is 3.24 Å². The van der Waals surface area contributed by atoms with E-state index >= 15 is 0 Å². The molecular weight excluding hydrogens is 268 g/mol. The molecular formula is C10H10BrClFN. The second-order valence-electron chi connectivity index (χ2n) is 3.39. The predicted molar refractivity (Wildman–Crippen MR) is 60.6 cm³/mol. The van der Waals surface area contributed by atoms with E-state index in [0.717, 1.165) is 25.9 Å². The Morgan fingerprint density at radius 3 is 2.57 bits per heavy atom. The Bertz CT molecular complexity index is 350. The maximum atomic E-state index is 13.7. The first-order valence-corrected chi connectivity index (χ1v) is 5.75. The lowest BCUT2D eigenvalue weighted by Gasteiger charge is -2.18. The van der Waals surface area contributed by atoms with Crippen molar-refractivity contribution in [1.29, 1.82) is 0 Å². The molecule has 1 nitrogen and oxygen atoms in total. The molecule has 0 spiro atoms. The molecule has 1 fully saturated rings. The maximum Gasteiger partial charge on any atom is 0.166 e. The van der Waals surface area contributed by atoms with Gasteiger partial charge in [0.1, 0.15) is 0 Å². The standard InChI is InChI=1S/C10H10BrClFN/c11-7-3-4-8(10(13)9(7)12)14-5-1-2-6-14/h3-4H,1-2,5-6H2. The first-order valence-electron chi connectivity index (χ1n) is 4.58. The highest BCUT2D eigenvalue weighted by Crippen LogP contribution is 2.33. The van der Waals surface area contributed by atoms with Crippen molar-refractivity contribution in [1.82, 2.24) is 0 Å². The van der Waals surface area contributed by atoms with Gasteiger partial charge in [-0.3, -0.25) is 0 Å². The van der Waals surface area contributed by atoms with Crippen molar-refractivity contribution < 1.29 is 4.39 Å². The van der Waals surface area contributed by atoms with Gasteiger partial charge in [0.15, 0.2) is 5.82 Å². The van der Waals surface area contributed by atoms with Crippen molar-refractivity contribution in [2.75, 3.05) is 18.0 Å². The quantitative estimate of drug-likeness (QED) is 0.706. The van der Waals surface area contributed by atoms with Gasteiger partial charge in [0.25, 0.3) is 0 Å². The summed E-state index contributed by atoms with van der Waals surface area (Å²) in [5.74, 6) is -0.317. The minimum atomic E-state index is -0.317. The minimum absolute atomic E-state index is 0.175. The minimum Gasteiger partial charge on any atom is -0.369 e. The fourth-order valence-corrected chi connectivity index (χ4v) is 2.18. The predicted octanol–water partition coefficient (Wildman–Crippen LogP) is 3.84. The van der Waals surface area contributed by atoms with Gasteiger partial charge < -0.3 is 4.90 Å². The smallest absolute Gasteiger partial charge is 0.166 e. The highest BCUT2D eigenvalue weighted by molar-refractivity contribution is 9.10. The van der Waals surface area contributed by atoms with E-state index in [4.69, 9.17) is 11.6 Å². The zero-order chi connectivity index (χ0) is 10.1. The molecule has 1 aliphatic heterocycles. The van der Waals surface area contributed by atoms with Crippen molar-refractivity contribution in [2.24, 2.45) is 0 Å². The normalized spacial score (nSPS) is 16.4. The van der Waals surface area contributed by atoms with Crippen LogP contribution in [0.1, 0.15) is 12.8 Å². The Hall–Kier alpha value is -0.280. The third-order valence-corrected chi connectivity index (χ3v) is 3.72. The fraction of sp³-hybridized carbons (Fsp3) is 0.400. The van der Waals surface area contributed by atoms with Crippen LogP contribution in [0.4, 0.5) is 10.1 Å². The summed E-state index contributed by atoms with van der Waals surface area (Å²) in [5.41, 5.74) is 0.621. The van der Waals surface area contributed by atoms with Gasteiger partial charge in [-0.05, 0) is 40.9 Å². The number of rotatable bonds is 1. The summed E-state index contributed by atoms with van der Waals surface area (Å²) in [6.45, 7) is 1.85. The van der Waals surface area contributed by atoms with E-state index in [1.165, 1.54) is 0 Å². The van der Waals surface area contributed by atoms with Crippen LogP contribution in [0.3, 0.4) is 0 Å². The Morgan fingerprint density at radius 1 is 1.29 bits per heavy atom. The molecule has 14 heavy (non-hydrogen) atoms.